The molecule has 0 bridgehead atoms. The lowest BCUT2D eigenvalue weighted by molar-refractivity contribution is 0.0953. The van der Waals surface area contributed by atoms with Gasteiger partial charge in [0.2, 0.25) is 0 Å². The van der Waals surface area contributed by atoms with Crippen molar-refractivity contribution in [1.82, 2.24) is 5.32 Å². The zero-order valence-electron chi connectivity index (χ0n) is 13.0. The Morgan fingerprint density at radius 2 is 1.74 bits per heavy atom. The van der Waals surface area contributed by atoms with Crippen LogP contribution in [0.25, 0.3) is 0 Å². The third kappa shape index (κ3) is 4.06. The van der Waals surface area contributed by atoms with Crippen LogP contribution in [0.4, 0.5) is 0 Å². The highest BCUT2D eigenvalue weighted by molar-refractivity contribution is 5.94. The number of hydrogen-bond donors (Lipinski definition) is 3. The first-order valence-electron chi connectivity index (χ1n) is 7.06. The van der Waals surface area contributed by atoms with E-state index in [2.05, 4.69) is 5.32 Å². The van der Waals surface area contributed by atoms with Gasteiger partial charge in [0, 0.05) is 12.1 Å². The highest BCUT2D eigenvalue weighted by Crippen LogP contribution is 2.27. The maximum absolute atomic E-state index is 12.0. The molecule has 0 atom stereocenters. The van der Waals surface area contributed by atoms with Gasteiger partial charge in [-0.3, -0.25) is 4.79 Å². The molecular weight excluding hydrogens is 298 g/mol. The van der Waals surface area contributed by atoms with Crippen LogP contribution in [0.1, 0.15) is 15.9 Å². The van der Waals surface area contributed by atoms with Crippen LogP contribution in [-0.4, -0.2) is 36.9 Å². The summed E-state index contributed by atoms with van der Waals surface area (Å²) in [7, 11) is 2.93. The van der Waals surface area contributed by atoms with Gasteiger partial charge in [0.25, 0.3) is 5.91 Å². The molecular formula is C17H19NO5. The summed E-state index contributed by atoms with van der Waals surface area (Å²) in [6.07, 6.45) is 0.588. The molecule has 6 heteroatoms. The fraction of sp³-hybridized carbons (Fsp3) is 0.235. The van der Waals surface area contributed by atoms with Gasteiger partial charge in [-0.2, -0.15) is 0 Å². The van der Waals surface area contributed by atoms with Crippen LogP contribution < -0.4 is 14.8 Å². The molecule has 0 aromatic heterocycles. The van der Waals surface area contributed by atoms with Gasteiger partial charge in [0.05, 0.1) is 14.2 Å². The third-order valence-electron chi connectivity index (χ3n) is 3.38. The molecule has 2 aromatic carbocycles. The van der Waals surface area contributed by atoms with E-state index in [0.29, 0.717) is 30.0 Å². The van der Waals surface area contributed by atoms with Crippen LogP contribution in [-0.2, 0) is 6.42 Å². The molecule has 23 heavy (non-hydrogen) atoms. The number of amides is 1. The molecule has 0 heterocycles. The van der Waals surface area contributed by atoms with Crippen molar-refractivity contribution in [2.24, 2.45) is 0 Å². The predicted octanol–water partition coefficient (Wildman–Crippen LogP) is 2.09. The molecule has 0 fully saturated rings. The quantitative estimate of drug-likeness (QED) is 0.759. The summed E-state index contributed by atoms with van der Waals surface area (Å²) in [6, 6.07) is 9.52. The van der Waals surface area contributed by atoms with Gasteiger partial charge in [0.1, 0.15) is 0 Å². The number of phenolic OH excluding ortho intramolecular Hbond substituents is 2. The Morgan fingerprint density at radius 1 is 1.00 bits per heavy atom. The van der Waals surface area contributed by atoms with Crippen molar-refractivity contribution < 1.29 is 24.5 Å². The Morgan fingerprint density at radius 3 is 2.39 bits per heavy atom. The van der Waals surface area contributed by atoms with E-state index in [1.165, 1.54) is 26.4 Å². The molecule has 0 spiro atoms. The average Bonchev–Trinajstić information content (AvgIpc) is 2.56. The molecule has 0 saturated heterocycles. The van der Waals surface area contributed by atoms with Crippen LogP contribution >= 0.6 is 0 Å². The van der Waals surface area contributed by atoms with E-state index in [9.17, 15) is 15.0 Å². The lowest BCUT2D eigenvalue weighted by atomic mass is 10.1. The number of aromatic hydroxyl groups is 2. The zero-order chi connectivity index (χ0) is 16.8. The van der Waals surface area contributed by atoms with Crippen LogP contribution in [0.15, 0.2) is 36.4 Å². The van der Waals surface area contributed by atoms with E-state index in [4.69, 9.17) is 9.47 Å². The van der Waals surface area contributed by atoms with Gasteiger partial charge in [-0.15, -0.1) is 0 Å². The van der Waals surface area contributed by atoms with Crippen molar-refractivity contribution in [3.8, 4) is 23.0 Å². The molecule has 2 aromatic rings. The number of nitrogens with one attached hydrogen (secondary N) is 1. The van der Waals surface area contributed by atoms with E-state index in [1.807, 2.05) is 0 Å². The van der Waals surface area contributed by atoms with Crippen molar-refractivity contribution in [2.75, 3.05) is 20.8 Å². The van der Waals surface area contributed by atoms with E-state index in [-0.39, 0.29) is 17.4 Å². The Kier molecular flexibility index (Phi) is 5.30. The normalized spacial score (nSPS) is 10.2. The second-order valence-corrected chi connectivity index (χ2v) is 4.90. The smallest absolute Gasteiger partial charge is 0.251 e. The fourth-order valence-electron chi connectivity index (χ4n) is 2.13. The Balaban J connectivity index is 1.93. The molecule has 0 saturated carbocycles. The lowest BCUT2D eigenvalue weighted by Gasteiger charge is -2.09. The van der Waals surface area contributed by atoms with Crippen molar-refractivity contribution in [3.63, 3.8) is 0 Å². The lowest BCUT2D eigenvalue weighted by Crippen LogP contribution is -2.25. The highest BCUT2D eigenvalue weighted by Gasteiger charge is 2.09. The Bertz CT molecular complexity index is 699. The molecule has 2 rings (SSSR count). The number of rotatable bonds is 6. The van der Waals surface area contributed by atoms with Gasteiger partial charge in [-0.25, -0.2) is 0 Å². The molecule has 0 unspecified atom stereocenters. The number of ether oxygens (including phenoxy) is 2. The molecule has 0 radical (unpaired) electrons. The number of methoxy groups -OCH3 is 2. The Labute approximate surface area is 134 Å². The molecule has 6 nitrogen and oxygen atoms in total. The topological polar surface area (TPSA) is 88.0 Å². The predicted molar refractivity (Wildman–Crippen MR) is 85.4 cm³/mol. The molecule has 0 aliphatic carbocycles. The first kappa shape index (κ1) is 16.5. The summed E-state index contributed by atoms with van der Waals surface area (Å²) in [5.41, 5.74) is 1.28. The van der Waals surface area contributed by atoms with Crippen molar-refractivity contribution in [1.29, 1.82) is 0 Å². The standard InChI is InChI=1S/C17H19NO5/c1-22-15-6-4-12(10-14(15)20)17(21)18-8-7-11-3-5-13(19)16(9-11)23-2/h3-6,9-10,19-20H,7-8H2,1-2H3,(H,18,21). The summed E-state index contributed by atoms with van der Waals surface area (Å²) >= 11 is 0. The van der Waals surface area contributed by atoms with E-state index < -0.39 is 0 Å². The first-order chi connectivity index (χ1) is 11.0. The van der Waals surface area contributed by atoms with Crippen LogP contribution in [0.3, 0.4) is 0 Å². The number of carbonyl (C=O) groups excluding carboxylic acids is 1. The fourth-order valence-corrected chi connectivity index (χ4v) is 2.13. The maximum Gasteiger partial charge on any atom is 0.251 e. The number of benzene rings is 2. The number of phenols is 2. The maximum atomic E-state index is 12.0. The molecule has 1 amide bonds. The summed E-state index contributed by atoms with van der Waals surface area (Å²) < 4.78 is 9.98. The zero-order valence-corrected chi connectivity index (χ0v) is 13.0. The summed E-state index contributed by atoms with van der Waals surface area (Å²) in [5.74, 6) is 0.428. The highest BCUT2D eigenvalue weighted by atomic mass is 16.5. The van der Waals surface area contributed by atoms with Crippen LogP contribution in [0.5, 0.6) is 23.0 Å². The second-order valence-electron chi connectivity index (χ2n) is 4.90. The molecule has 3 N–H and O–H groups in total. The summed E-state index contributed by atoms with van der Waals surface area (Å²) in [4.78, 5) is 12.0. The number of carbonyl (C=O) groups is 1. The van der Waals surface area contributed by atoms with Gasteiger partial charge in [-0.1, -0.05) is 6.07 Å². The molecule has 122 valence electrons. The van der Waals surface area contributed by atoms with E-state index in [0.717, 1.165) is 5.56 Å². The van der Waals surface area contributed by atoms with E-state index in [1.54, 1.807) is 24.3 Å². The SMILES string of the molecule is COc1ccc(C(=O)NCCc2ccc(O)c(OC)c2)cc1O. The second kappa shape index (κ2) is 7.40. The average molecular weight is 317 g/mol. The summed E-state index contributed by atoms with van der Waals surface area (Å²) in [6.45, 7) is 0.416. The van der Waals surface area contributed by atoms with Crippen molar-refractivity contribution in [2.45, 2.75) is 6.42 Å². The largest absolute Gasteiger partial charge is 0.504 e. The van der Waals surface area contributed by atoms with Gasteiger partial charge in [-0.05, 0) is 42.3 Å². The summed E-state index contributed by atoms with van der Waals surface area (Å²) in [5, 5.41) is 22.0. The molecule has 0 aliphatic heterocycles. The minimum absolute atomic E-state index is 0.0778. The van der Waals surface area contributed by atoms with E-state index >= 15 is 0 Å². The third-order valence-corrected chi connectivity index (χ3v) is 3.38. The molecule has 0 aliphatic rings. The van der Waals surface area contributed by atoms with Gasteiger partial charge in [0.15, 0.2) is 23.0 Å². The minimum atomic E-state index is -0.284. The van der Waals surface area contributed by atoms with Gasteiger partial charge >= 0.3 is 0 Å². The van der Waals surface area contributed by atoms with Crippen LogP contribution in [0.2, 0.25) is 0 Å². The Hall–Kier alpha value is -2.89. The number of hydrogen-bond acceptors (Lipinski definition) is 5. The van der Waals surface area contributed by atoms with Gasteiger partial charge < -0.3 is 25.0 Å². The van der Waals surface area contributed by atoms with Crippen LogP contribution in [0, 0.1) is 0 Å². The monoisotopic (exact) mass is 317 g/mol. The van der Waals surface area contributed by atoms with Crippen molar-refractivity contribution in [3.05, 3.63) is 47.5 Å². The first-order valence-corrected chi connectivity index (χ1v) is 7.06. The van der Waals surface area contributed by atoms with Crippen molar-refractivity contribution >= 4 is 5.91 Å². The minimum Gasteiger partial charge on any atom is -0.504 e.